The molecular weight excluding hydrogens is 272 g/mol. The Kier molecular flexibility index (Phi) is 4.84. The molecule has 0 bridgehead atoms. The van der Waals surface area contributed by atoms with Crippen LogP contribution >= 0.6 is 11.6 Å². The third-order valence-corrected chi connectivity index (χ3v) is 4.08. The van der Waals surface area contributed by atoms with Gasteiger partial charge in [0, 0.05) is 30.2 Å². The molecule has 2 aromatic rings. The molecule has 20 heavy (non-hydrogen) atoms. The number of fused-ring (bicyclic) bond motifs is 1. The second-order valence-corrected chi connectivity index (χ2v) is 5.36. The maximum Gasteiger partial charge on any atom is 0.161 e. The molecule has 108 valence electrons. The number of hydrogen-bond acceptors (Lipinski definition) is 2. The van der Waals surface area contributed by atoms with E-state index in [1.54, 1.807) is 6.92 Å². The van der Waals surface area contributed by atoms with Crippen molar-refractivity contribution in [3.05, 3.63) is 35.0 Å². The van der Waals surface area contributed by atoms with E-state index in [1.165, 1.54) is 0 Å². The number of rotatable bonds is 6. The molecule has 0 saturated carbocycles. The molecule has 0 radical (unpaired) electrons. The lowest BCUT2D eigenvalue weighted by Gasteiger charge is -2.18. The average Bonchev–Trinajstić information content (AvgIpc) is 2.80. The van der Waals surface area contributed by atoms with Gasteiger partial charge in [0.05, 0.1) is 10.5 Å². The Morgan fingerprint density at radius 2 is 2.00 bits per heavy atom. The van der Waals surface area contributed by atoms with Gasteiger partial charge in [-0.15, -0.1) is 0 Å². The molecule has 0 unspecified atom stereocenters. The lowest BCUT2D eigenvalue weighted by atomic mass is 10.1. The summed E-state index contributed by atoms with van der Waals surface area (Å²) in [6.45, 7) is 9.78. The van der Waals surface area contributed by atoms with Crippen molar-refractivity contribution in [2.24, 2.45) is 0 Å². The Hall–Kier alpha value is -1.32. The van der Waals surface area contributed by atoms with E-state index in [1.807, 2.05) is 24.4 Å². The van der Waals surface area contributed by atoms with Crippen molar-refractivity contribution >= 4 is 28.3 Å². The summed E-state index contributed by atoms with van der Waals surface area (Å²) in [5.41, 5.74) is 1.72. The van der Waals surface area contributed by atoms with Gasteiger partial charge in [0.1, 0.15) is 0 Å². The molecule has 0 aliphatic heterocycles. The number of hydrogen-bond donors (Lipinski definition) is 0. The Balaban J connectivity index is 2.40. The topological polar surface area (TPSA) is 25.2 Å². The van der Waals surface area contributed by atoms with Gasteiger partial charge in [-0.25, -0.2) is 0 Å². The number of carbonyl (C=O) groups excluding carboxylic acids is 1. The summed E-state index contributed by atoms with van der Waals surface area (Å²) in [4.78, 5) is 14.1. The van der Waals surface area contributed by atoms with E-state index in [2.05, 4.69) is 23.3 Å². The molecule has 1 heterocycles. The molecule has 3 nitrogen and oxygen atoms in total. The van der Waals surface area contributed by atoms with Gasteiger partial charge in [-0.1, -0.05) is 37.6 Å². The second-order valence-electron chi connectivity index (χ2n) is 4.96. The number of halogens is 1. The van der Waals surface area contributed by atoms with Gasteiger partial charge in [-0.2, -0.15) is 0 Å². The van der Waals surface area contributed by atoms with Gasteiger partial charge in [-0.3, -0.25) is 4.79 Å². The van der Waals surface area contributed by atoms with Crippen molar-refractivity contribution in [1.29, 1.82) is 0 Å². The van der Waals surface area contributed by atoms with Crippen molar-refractivity contribution in [1.82, 2.24) is 9.47 Å². The highest BCUT2D eigenvalue weighted by Crippen LogP contribution is 2.28. The fraction of sp³-hybridized carbons (Fsp3) is 0.438. The number of benzene rings is 1. The van der Waals surface area contributed by atoms with Crippen molar-refractivity contribution in [2.75, 3.05) is 19.6 Å². The highest BCUT2D eigenvalue weighted by molar-refractivity contribution is 6.35. The number of likely N-dealkylation sites (N-methyl/N-ethyl adjacent to an activating group) is 1. The summed E-state index contributed by atoms with van der Waals surface area (Å²) in [5.74, 6) is 0.0823. The van der Waals surface area contributed by atoms with Gasteiger partial charge in [0.25, 0.3) is 0 Å². The van der Waals surface area contributed by atoms with Crippen LogP contribution in [0.5, 0.6) is 0 Å². The monoisotopic (exact) mass is 292 g/mol. The predicted octanol–water partition coefficient (Wildman–Crippen LogP) is 3.84. The third-order valence-electron chi connectivity index (χ3n) is 3.78. The zero-order valence-electron chi connectivity index (χ0n) is 12.3. The first-order chi connectivity index (χ1) is 9.58. The summed E-state index contributed by atoms with van der Waals surface area (Å²) >= 11 is 6.32. The summed E-state index contributed by atoms with van der Waals surface area (Å²) < 4.78 is 2.10. The fourth-order valence-electron chi connectivity index (χ4n) is 2.56. The van der Waals surface area contributed by atoms with E-state index in [-0.39, 0.29) is 5.78 Å². The molecule has 2 rings (SSSR count). The molecule has 0 N–H and O–H groups in total. The molecule has 0 aliphatic rings. The standard InChI is InChI=1S/C16H21ClN2O/c1-4-18(5-2)9-10-19-11-14(12(3)20)13-7-6-8-15(17)16(13)19/h6-8,11H,4-5,9-10H2,1-3H3. The van der Waals surface area contributed by atoms with Crippen molar-refractivity contribution in [3.63, 3.8) is 0 Å². The lowest BCUT2D eigenvalue weighted by molar-refractivity contribution is 0.101. The Bertz CT molecular complexity index is 614. The smallest absolute Gasteiger partial charge is 0.161 e. The van der Waals surface area contributed by atoms with Crippen LogP contribution in [0.1, 0.15) is 31.1 Å². The average molecular weight is 293 g/mol. The minimum absolute atomic E-state index is 0.0823. The van der Waals surface area contributed by atoms with E-state index in [0.29, 0.717) is 5.02 Å². The van der Waals surface area contributed by atoms with Gasteiger partial charge in [0.2, 0.25) is 0 Å². The second kappa shape index (κ2) is 6.42. The maximum atomic E-state index is 11.8. The van der Waals surface area contributed by atoms with Crippen LogP contribution in [0.3, 0.4) is 0 Å². The minimum atomic E-state index is 0.0823. The van der Waals surface area contributed by atoms with Crippen LogP contribution in [-0.2, 0) is 6.54 Å². The normalized spacial score (nSPS) is 11.4. The first-order valence-corrected chi connectivity index (χ1v) is 7.46. The number of aromatic nitrogens is 1. The quantitative estimate of drug-likeness (QED) is 0.756. The van der Waals surface area contributed by atoms with E-state index in [4.69, 9.17) is 11.6 Å². The van der Waals surface area contributed by atoms with Crippen LogP contribution in [0.25, 0.3) is 10.9 Å². The number of ketones is 1. The highest BCUT2D eigenvalue weighted by Gasteiger charge is 2.14. The molecule has 0 saturated heterocycles. The van der Waals surface area contributed by atoms with Crippen LogP contribution in [0.4, 0.5) is 0 Å². The van der Waals surface area contributed by atoms with E-state index in [0.717, 1.165) is 42.6 Å². The van der Waals surface area contributed by atoms with Crippen molar-refractivity contribution in [3.8, 4) is 0 Å². The molecule has 0 spiro atoms. The zero-order chi connectivity index (χ0) is 14.7. The van der Waals surface area contributed by atoms with Crippen molar-refractivity contribution < 1.29 is 4.79 Å². The van der Waals surface area contributed by atoms with E-state index < -0.39 is 0 Å². The molecule has 0 fully saturated rings. The number of Topliss-reactive ketones (excluding diaryl/α,β-unsaturated/α-hetero) is 1. The maximum absolute atomic E-state index is 11.8. The molecule has 0 atom stereocenters. The molecule has 1 aromatic carbocycles. The summed E-state index contributed by atoms with van der Waals surface area (Å²) in [7, 11) is 0. The zero-order valence-corrected chi connectivity index (χ0v) is 13.1. The van der Waals surface area contributed by atoms with Crippen LogP contribution in [-0.4, -0.2) is 34.9 Å². The Labute approximate surface area is 125 Å². The van der Waals surface area contributed by atoms with E-state index in [9.17, 15) is 4.79 Å². The van der Waals surface area contributed by atoms with Gasteiger partial charge >= 0.3 is 0 Å². The minimum Gasteiger partial charge on any atom is -0.344 e. The lowest BCUT2D eigenvalue weighted by Crippen LogP contribution is -2.26. The molecule has 4 heteroatoms. The van der Waals surface area contributed by atoms with Crippen LogP contribution in [0, 0.1) is 0 Å². The SMILES string of the molecule is CCN(CC)CCn1cc(C(C)=O)c2cccc(Cl)c21. The number of para-hydroxylation sites is 1. The molecule has 1 aromatic heterocycles. The first-order valence-electron chi connectivity index (χ1n) is 7.09. The van der Waals surface area contributed by atoms with Gasteiger partial charge < -0.3 is 9.47 Å². The van der Waals surface area contributed by atoms with Gasteiger partial charge in [0.15, 0.2) is 5.78 Å². The van der Waals surface area contributed by atoms with E-state index >= 15 is 0 Å². The highest BCUT2D eigenvalue weighted by atomic mass is 35.5. The summed E-state index contributed by atoms with van der Waals surface area (Å²) in [6, 6.07) is 5.74. The Morgan fingerprint density at radius 3 is 2.60 bits per heavy atom. The summed E-state index contributed by atoms with van der Waals surface area (Å²) in [6.07, 6.45) is 1.93. The predicted molar refractivity (Wildman–Crippen MR) is 84.7 cm³/mol. The number of nitrogens with zero attached hydrogens (tertiary/aromatic N) is 2. The Morgan fingerprint density at radius 1 is 1.30 bits per heavy atom. The van der Waals surface area contributed by atoms with Crippen LogP contribution in [0.2, 0.25) is 5.02 Å². The van der Waals surface area contributed by atoms with Crippen molar-refractivity contribution in [2.45, 2.75) is 27.3 Å². The largest absolute Gasteiger partial charge is 0.344 e. The molecule has 0 amide bonds. The molecular formula is C16H21ClN2O. The van der Waals surface area contributed by atoms with Gasteiger partial charge in [-0.05, 0) is 26.1 Å². The molecule has 0 aliphatic carbocycles. The number of carbonyl (C=O) groups is 1. The van der Waals surface area contributed by atoms with Crippen LogP contribution in [0.15, 0.2) is 24.4 Å². The first kappa shape index (κ1) is 15.1. The van der Waals surface area contributed by atoms with Crippen LogP contribution < -0.4 is 0 Å². The summed E-state index contributed by atoms with van der Waals surface area (Å²) in [5, 5.41) is 1.65. The fourth-order valence-corrected chi connectivity index (χ4v) is 2.84. The third kappa shape index (κ3) is 2.89.